The SMILES string of the molecule is CCC1(Cc2ccccc2)NC(=O)/C(=C\c2c(C#N)ccc(F)c2F)N(C)C1=O. The van der Waals surface area contributed by atoms with Gasteiger partial charge in [-0.1, -0.05) is 37.3 Å². The van der Waals surface area contributed by atoms with Crippen molar-refractivity contribution in [2.45, 2.75) is 25.3 Å². The van der Waals surface area contributed by atoms with E-state index in [0.29, 0.717) is 12.8 Å². The van der Waals surface area contributed by atoms with Crippen LogP contribution in [-0.2, 0) is 16.0 Å². The zero-order valence-corrected chi connectivity index (χ0v) is 16.0. The third-order valence-electron chi connectivity index (χ3n) is 5.15. The van der Waals surface area contributed by atoms with Crippen LogP contribution in [-0.4, -0.2) is 29.3 Å². The summed E-state index contributed by atoms with van der Waals surface area (Å²) >= 11 is 0. The van der Waals surface area contributed by atoms with Gasteiger partial charge >= 0.3 is 0 Å². The Morgan fingerprint density at radius 1 is 1.17 bits per heavy atom. The van der Waals surface area contributed by atoms with Gasteiger partial charge in [-0.2, -0.15) is 5.26 Å². The highest BCUT2D eigenvalue weighted by molar-refractivity contribution is 6.09. The van der Waals surface area contributed by atoms with Crippen LogP contribution < -0.4 is 5.32 Å². The summed E-state index contributed by atoms with van der Waals surface area (Å²) in [4.78, 5) is 27.2. The molecule has 1 unspecified atom stereocenters. The molecule has 2 amide bonds. The van der Waals surface area contributed by atoms with Gasteiger partial charge in [0.2, 0.25) is 0 Å². The number of nitrogens with one attached hydrogen (secondary N) is 1. The summed E-state index contributed by atoms with van der Waals surface area (Å²) in [7, 11) is 1.41. The second-order valence-corrected chi connectivity index (χ2v) is 6.88. The Balaban J connectivity index is 2.02. The van der Waals surface area contributed by atoms with Crippen LogP contribution in [0.4, 0.5) is 8.78 Å². The van der Waals surface area contributed by atoms with Crippen molar-refractivity contribution in [3.63, 3.8) is 0 Å². The summed E-state index contributed by atoms with van der Waals surface area (Å²) in [6, 6.07) is 13.0. The lowest BCUT2D eigenvalue weighted by Crippen LogP contribution is -2.65. The van der Waals surface area contributed by atoms with Crippen molar-refractivity contribution in [3.05, 3.63) is 76.5 Å². The number of rotatable bonds is 4. The van der Waals surface area contributed by atoms with Crippen molar-refractivity contribution in [2.75, 3.05) is 7.05 Å². The van der Waals surface area contributed by atoms with Gasteiger partial charge in [0.25, 0.3) is 11.8 Å². The quantitative estimate of drug-likeness (QED) is 0.809. The average molecular weight is 395 g/mol. The van der Waals surface area contributed by atoms with Crippen molar-refractivity contribution >= 4 is 17.9 Å². The number of benzene rings is 2. The number of nitriles is 1. The number of halogens is 2. The Kier molecular flexibility index (Phi) is 5.46. The molecular weight excluding hydrogens is 376 g/mol. The first-order chi connectivity index (χ1) is 13.8. The van der Waals surface area contributed by atoms with Crippen molar-refractivity contribution in [1.29, 1.82) is 5.26 Å². The van der Waals surface area contributed by atoms with Gasteiger partial charge in [-0.15, -0.1) is 0 Å². The molecule has 2 aromatic rings. The minimum absolute atomic E-state index is 0.137. The van der Waals surface area contributed by atoms with E-state index in [1.54, 1.807) is 13.0 Å². The van der Waals surface area contributed by atoms with Gasteiger partial charge in [0.05, 0.1) is 11.6 Å². The van der Waals surface area contributed by atoms with Crippen LogP contribution in [0.2, 0.25) is 0 Å². The Labute approximate surface area is 167 Å². The zero-order chi connectivity index (χ0) is 21.2. The van der Waals surface area contributed by atoms with E-state index in [4.69, 9.17) is 0 Å². The van der Waals surface area contributed by atoms with E-state index in [9.17, 15) is 23.6 Å². The third kappa shape index (κ3) is 3.61. The molecule has 1 aliphatic heterocycles. The van der Waals surface area contributed by atoms with E-state index < -0.39 is 23.1 Å². The van der Waals surface area contributed by atoms with Crippen molar-refractivity contribution in [1.82, 2.24) is 10.2 Å². The molecule has 1 atom stereocenters. The van der Waals surface area contributed by atoms with Crippen molar-refractivity contribution < 1.29 is 18.4 Å². The number of likely N-dealkylation sites (N-methyl/N-ethyl adjacent to an activating group) is 1. The molecule has 7 heteroatoms. The number of amides is 2. The molecule has 1 saturated heterocycles. The van der Waals surface area contributed by atoms with Crippen molar-refractivity contribution in [3.8, 4) is 6.07 Å². The molecule has 0 aromatic heterocycles. The monoisotopic (exact) mass is 395 g/mol. The molecule has 5 nitrogen and oxygen atoms in total. The maximum absolute atomic E-state index is 14.3. The van der Waals surface area contributed by atoms with E-state index in [1.165, 1.54) is 7.05 Å². The summed E-state index contributed by atoms with van der Waals surface area (Å²) in [5.74, 6) is -3.36. The smallest absolute Gasteiger partial charge is 0.268 e. The lowest BCUT2D eigenvalue weighted by Gasteiger charge is -2.41. The second kappa shape index (κ2) is 7.84. The highest BCUT2D eigenvalue weighted by atomic mass is 19.2. The average Bonchev–Trinajstić information content (AvgIpc) is 2.73. The normalized spacial score (nSPS) is 20.5. The number of nitrogens with zero attached hydrogens (tertiary/aromatic N) is 2. The summed E-state index contributed by atoms with van der Waals surface area (Å²) in [6.45, 7) is 1.80. The lowest BCUT2D eigenvalue weighted by molar-refractivity contribution is -0.144. The molecule has 148 valence electrons. The molecular formula is C22H19F2N3O2. The number of piperazine rings is 1. The fourth-order valence-electron chi connectivity index (χ4n) is 3.45. The van der Waals surface area contributed by atoms with Gasteiger partial charge in [-0.3, -0.25) is 9.59 Å². The largest absolute Gasteiger partial charge is 0.336 e. The third-order valence-corrected chi connectivity index (χ3v) is 5.15. The topological polar surface area (TPSA) is 73.2 Å². The first kappa shape index (κ1) is 20.2. The maximum atomic E-state index is 14.3. The first-order valence-electron chi connectivity index (χ1n) is 9.07. The molecule has 0 spiro atoms. The van der Waals surface area contributed by atoms with Crippen LogP contribution in [0, 0.1) is 23.0 Å². The zero-order valence-electron chi connectivity index (χ0n) is 16.0. The van der Waals surface area contributed by atoms with Crippen LogP contribution >= 0.6 is 0 Å². The van der Waals surface area contributed by atoms with Gasteiger partial charge < -0.3 is 10.2 Å². The Hall–Kier alpha value is -3.53. The number of carbonyl (C=O) groups excluding carboxylic acids is 2. The molecule has 3 rings (SSSR count). The van der Waals surface area contributed by atoms with Gasteiger partial charge in [-0.05, 0) is 30.2 Å². The molecule has 2 aromatic carbocycles. The standard InChI is InChI=1S/C22H19F2N3O2/c1-3-22(12-14-7-5-4-6-8-14)21(29)27(2)18(20(28)26-22)11-16-15(13-25)9-10-17(23)19(16)24/h4-11H,3,12H2,1-2H3,(H,26,28)/b18-11+. The summed E-state index contributed by atoms with van der Waals surface area (Å²) < 4.78 is 27.9. The van der Waals surface area contributed by atoms with Gasteiger partial charge in [0, 0.05) is 19.0 Å². The van der Waals surface area contributed by atoms with Gasteiger partial charge in [0.15, 0.2) is 11.6 Å². The number of carbonyl (C=O) groups is 2. The summed E-state index contributed by atoms with van der Waals surface area (Å²) in [5.41, 5.74) is -0.936. The molecule has 1 fully saturated rings. The Morgan fingerprint density at radius 2 is 1.86 bits per heavy atom. The minimum Gasteiger partial charge on any atom is -0.336 e. The predicted octanol–water partition coefficient (Wildman–Crippen LogP) is 3.16. The molecule has 1 aliphatic rings. The number of hydrogen-bond acceptors (Lipinski definition) is 3. The van der Waals surface area contributed by atoms with E-state index in [-0.39, 0.29) is 22.7 Å². The molecule has 0 radical (unpaired) electrons. The Bertz CT molecular complexity index is 1040. The number of hydrogen-bond donors (Lipinski definition) is 1. The van der Waals surface area contributed by atoms with Crippen LogP contribution in [0.5, 0.6) is 0 Å². The molecule has 0 bridgehead atoms. The fraction of sp³-hybridized carbons (Fsp3) is 0.227. The Morgan fingerprint density at radius 3 is 2.48 bits per heavy atom. The fourth-order valence-corrected chi connectivity index (χ4v) is 3.45. The van der Waals surface area contributed by atoms with Gasteiger partial charge in [-0.25, -0.2) is 8.78 Å². The summed E-state index contributed by atoms with van der Waals surface area (Å²) in [5, 5.41) is 11.9. The van der Waals surface area contributed by atoms with Gasteiger partial charge in [0.1, 0.15) is 11.2 Å². The van der Waals surface area contributed by atoms with E-state index >= 15 is 0 Å². The highest BCUT2D eigenvalue weighted by Gasteiger charge is 2.46. The molecule has 0 aliphatic carbocycles. The van der Waals surface area contributed by atoms with Crippen LogP contribution in [0.1, 0.15) is 30.0 Å². The molecule has 29 heavy (non-hydrogen) atoms. The van der Waals surface area contributed by atoms with Crippen molar-refractivity contribution in [2.24, 2.45) is 0 Å². The first-order valence-corrected chi connectivity index (χ1v) is 9.07. The highest BCUT2D eigenvalue weighted by Crippen LogP contribution is 2.29. The molecule has 1 heterocycles. The van der Waals surface area contributed by atoms with E-state index in [2.05, 4.69) is 5.32 Å². The lowest BCUT2D eigenvalue weighted by atomic mass is 9.84. The van der Waals surface area contributed by atoms with Crippen LogP contribution in [0.15, 0.2) is 48.2 Å². The molecule has 1 N–H and O–H groups in total. The summed E-state index contributed by atoms with van der Waals surface area (Å²) in [6.07, 6.45) is 1.68. The second-order valence-electron chi connectivity index (χ2n) is 6.88. The minimum atomic E-state index is -1.25. The van der Waals surface area contributed by atoms with Crippen LogP contribution in [0.25, 0.3) is 6.08 Å². The van der Waals surface area contributed by atoms with E-state index in [1.807, 2.05) is 30.3 Å². The predicted molar refractivity (Wildman–Crippen MR) is 103 cm³/mol. The molecule has 0 saturated carbocycles. The van der Waals surface area contributed by atoms with E-state index in [0.717, 1.165) is 28.7 Å². The van der Waals surface area contributed by atoms with Crippen LogP contribution in [0.3, 0.4) is 0 Å². The maximum Gasteiger partial charge on any atom is 0.268 e.